The largest absolute Gasteiger partial charge is 0.493 e. The first-order chi connectivity index (χ1) is 8.15. The van der Waals surface area contributed by atoms with E-state index < -0.39 is 5.54 Å². The molecule has 0 aliphatic carbocycles. The number of nitrogens with one attached hydrogen (secondary N) is 1. The highest BCUT2D eigenvalue weighted by atomic mass is 16.5. The van der Waals surface area contributed by atoms with Crippen molar-refractivity contribution in [1.29, 1.82) is 0 Å². The molecule has 1 fully saturated rings. The SMILES string of the molecule is CN1C(=O)NC2(CCOc3ccccc32)C1=O. The number of imide groups is 1. The molecule has 3 rings (SSSR count). The van der Waals surface area contributed by atoms with Gasteiger partial charge in [-0.1, -0.05) is 18.2 Å². The molecular weight excluding hydrogens is 220 g/mol. The van der Waals surface area contributed by atoms with Crippen molar-refractivity contribution in [3.63, 3.8) is 0 Å². The maximum atomic E-state index is 12.2. The summed E-state index contributed by atoms with van der Waals surface area (Å²) < 4.78 is 5.51. The molecular formula is C12H12N2O3. The van der Waals surface area contributed by atoms with Gasteiger partial charge < -0.3 is 10.1 Å². The number of ether oxygens (including phenoxy) is 1. The molecule has 17 heavy (non-hydrogen) atoms. The van der Waals surface area contributed by atoms with Crippen LogP contribution in [0.15, 0.2) is 24.3 Å². The smallest absolute Gasteiger partial charge is 0.325 e. The number of fused-ring (bicyclic) bond motifs is 2. The second-order valence-electron chi connectivity index (χ2n) is 4.29. The first-order valence-corrected chi connectivity index (χ1v) is 5.48. The number of hydrogen-bond donors (Lipinski definition) is 1. The Morgan fingerprint density at radius 2 is 2.12 bits per heavy atom. The summed E-state index contributed by atoms with van der Waals surface area (Å²) in [6.07, 6.45) is 0.471. The molecule has 0 saturated carbocycles. The molecule has 1 aromatic carbocycles. The van der Waals surface area contributed by atoms with Gasteiger partial charge in [0, 0.05) is 19.0 Å². The number of nitrogens with zero attached hydrogens (tertiary/aromatic N) is 1. The summed E-state index contributed by atoms with van der Waals surface area (Å²) in [4.78, 5) is 25.0. The number of likely N-dealkylation sites (N-methyl/N-ethyl adjacent to an activating group) is 1. The summed E-state index contributed by atoms with van der Waals surface area (Å²) in [6.45, 7) is 0.427. The Bertz CT molecular complexity index is 514. The number of carbonyl (C=O) groups excluding carboxylic acids is 2. The lowest BCUT2D eigenvalue weighted by Gasteiger charge is -2.32. The van der Waals surface area contributed by atoms with Gasteiger partial charge in [-0.3, -0.25) is 9.69 Å². The van der Waals surface area contributed by atoms with Gasteiger partial charge in [-0.05, 0) is 6.07 Å². The van der Waals surface area contributed by atoms with Crippen molar-refractivity contribution >= 4 is 11.9 Å². The second kappa shape index (κ2) is 3.23. The number of urea groups is 1. The number of carbonyl (C=O) groups is 2. The maximum absolute atomic E-state index is 12.2. The van der Waals surface area contributed by atoms with Crippen molar-refractivity contribution in [2.75, 3.05) is 13.7 Å². The number of para-hydroxylation sites is 1. The van der Waals surface area contributed by atoms with Crippen LogP contribution in [0, 0.1) is 0 Å². The minimum atomic E-state index is -0.930. The quantitative estimate of drug-likeness (QED) is 0.674. The highest BCUT2D eigenvalue weighted by Crippen LogP contribution is 2.40. The molecule has 1 unspecified atom stereocenters. The predicted molar refractivity (Wildman–Crippen MR) is 59.5 cm³/mol. The summed E-state index contributed by atoms with van der Waals surface area (Å²) in [5.41, 5.74) is -0.185. The molecule has 5 nitrogen and oxygen atoms in total. The molecule has 0 radical (unpaired) electrons. The number of hydrogen-bond acceptors (Lipinski definition) is 3. The van der Waals surface area contributed by atoms with Crippen LogP contribution < -0.4 is 10.1 Å². The molecule has 2 aliphatic rings. The van der Waals surface area contributed by atoms with E-state index in [4.69, 9.17) is 4.74 Å². The van der Waals surface area contributed by atoms with Gasteiger partial charge >= 0.3 is 6.03 Å². The second-order valence-corrected chi connectivity index (χ2v) is 4.29. The molecule has 88 valence electrons. The summed E-state index contributed by atoms with van der Waals surface area (Å²) in [6, 6.07) is 6.97. The number of amides is 3. The van der Waals surface area contributed by atoms with Crippen molar-refractivity contribution in [3.05, 3.63) is 29.8 Å². The standard InChI is InChI=1S/C12H12N2O3/c1-14-10(15)12(13-11(14)16)6-7-17-9-5-3-2-4-8(9)12/h2-5H,6-7H2,1H3,(H,13,16). The lowest BCUT2D eigenvalue weighted by Crippen LogP contribution is -2.47. The van der Waals surface area contributed by atoms with Crippen LogP contribution >= 0.6 is 0 Å². The van der Waals surface area contributed by atoms with Gasteiger partial charge in [0.1, 0.15) is 5.75 Å². The fourth-order valence-corrected chi connectivity index (χ4v) is 2.44. The molecule has 1 aromatic rings. The van der Waals surface area contributed by atoms with E-state index in [2.05, 4.69) is 5.32 Å². The van der Waals surface area contributed by atoms with E-state index in [-0.39, 0.29) is 11.9 Å². The average Bonchev–Trinajstić information content (AvgIpc) is 2.56. The van der Waals surface area contributed by atoms with Gasteiger partial charge in [-0.15, -0.1) is 0 Å². The van der Waals surface area contributed by atoms with Gasteiger partial charge in [-0.2, -0.15) is 0 Å². The minimum absolute atomic E-state index is 0.210. The van der Waals surface area contributed by atoms with Gasteiger partial charge in [0.05, 0.1) is 6.61 Å². The Morgan fingerprint density at radius 3 is 2.82 bits per heavy atom. The third-order valence-electron chi connectivity index (χ3n) is 3.38. The third-order valence-corrected chi connectivity index (χ3v) is 3.38. The van der Waals surface area contributed by atoms with Crippen LogP contribution in [0.3, 0.4) is 0 Å². The van der Waals surface area contributed by atoms with E-state index in [9.17, 15) is 9.59 Å². The van der Waals surface area contributed by atoms with Gasteiger partial charge in [0.2, 0.25) is 0 Å². The van der Waals surface area contributed by atoms with Gasteiger partial charge in [0.15, 0.2) is 5.54 Å². The van der Waals surface area contributed by atoms with Crippen LogP contribution in [0.4, 0.5) is 4.79 Å². The molecule has 0 bridgehead atoms. The van der Waals surface area contributed by atoms with Crippen LogP contribution in [0.1, 0.15) is 12.0 Å². The molecule has 0 aromatic heterocycles. The highest BCUT2D eigenvalue weighted by molar-refractivity contribution is 6.07. The predicted octanol–water partition coefficient (Wildman–Crippen LogP) is 0.846. The molecule has 2 aliphatic heterocycles. The zero-order valence-electron chi connectivity index (χ0n) is 9.40. The Morgan fingerprint density at radius 1 is 1.35 bits per heavy atom. The molecule has 1 atom stereocenters. The lowest BCUT2D eigenvalue weighted by atomic mass is 9.84. The number of benzene rings is 1. The monoisotopic (exact) mass is 232 g/mol. The van der Waals surface area contributed by atoms with Crippen LogP contribution in [0.2, 0.25) is 0 Å². The maximum Gasteiger partial charge on any atom is 0.325 e. The summed E-state index contributed by atoms with van der Waals surface area (Å²) >= 11 is 0. The zero-order chi connectivity index (χ0) is 12.0. The summed E-state index contributed by atoms with van der Waals surface area (Å²) in [5, 5.41) is 2.78. The van der Waals surface area contributed by atoms with E-state index >= 15 is 0 Å². The minimum Gasteiger partial charge on any atom is -0.493 e. The average molecular weight is 232 g/mol. The van der Waals surface area contributed by atoms with Crippen molar-refractivity contribution in [3.8, 4) is 5.75 Å². The first-order valence-electron chi connectivity index (χ1n) is 5.48. The van der Waals surface area contributed by atoms with Crippen molar-refractivity contribution in [2.45, 2.75) is 12.0 Å². The van der Waals surface area contributed by atoms with E-state index in [1.54, 1.807) is 0 Å². The molecule has 5 heteroatoms. The highest BCUT2D eigenvalue weighted by Gasteiger charge is 2.53. The van der Waals surface area contributed by atoms with Crippen LogP contribution in [0.5, 0.6) is 5.75 Å². The fourth-order valence-electron chi connectivity index (χ4n) is 2.44. The van der Waals surface area contributed by atoms with Crippen molar-refractivity contribution in [2.24, 2.45) is 0 Å². The topological polar surface area (TPSA) is 58.6 Å². The van der Waals surface area contributed by atoms with Gasteiger partial charge in [-0.25, -0.2) is 4.79 Å². The van der Waals surface area contributed by atoms with Crippen LogP contribution in [0.25, 0.3) is 0 Å². The van der Waals surface area contributed by atoms with E-state index in [1.807, 2.05) is 24.3 Å². The first kappa shape index (κ1) is 10.1. The van der Waals surface area contributed by atoms with Crippen LogP contribution in [-0.2, 0) is 10.3 Å². The number of rotatable bonds is 0. The zero-order valence-corrected chi connectivity index (χ0v) is 9.40. The lowest BCUT2D eigenvalue weighted by molar-refractivity contribution is -0.131. The molecule has 1 N–H and O–H groups in total. The van der Waals surface area contributed by atoms with E-state index in [0.29, 0.717) is 18.8 Å². The molecule has 3 amide bonds. The van der Waals surface area contributed by atoms with E-state index in [1.165, 1.54) is 7.05 Å². The van der Waals surface area contributed by atoms with Crippen LogP contribution in [-0.4, -0.2) is 30.5 Å². The van der Waals surface area contributed by atoms with Crippen molar-refractivity contribution < 1.29 is 14.3 Å². The molecule has 1 saturated heterocycles. The molecule has 2 heterocycles. The van der Waals surface area contributed by atoms with Gasteiger partial charge in [0.25, 0.3) is 5.91 Å². The summed E-state index contributed by atoms with van der Waals surface area (Å²) in [5.74, 6) is 0.459. The normalized spacial score (nSPS) is 26.8. The van der Waals surface area contributed by atoms with Crippen molar-refractivity contribution in [1.82, 2.24) is 10.2 Å². The van der Waals surface area contributed by atoms with E-state index in [0.717, 1.165) is 10.5 Å². The third kappa shape index (κ3) is 1.19. The Balaban J connectivity index is 2.17. The fraction of sp³-hybridized carbons (Fsp3) is 0.333. The summed E-state index contributed by atoms with van der Waals surface area (Å²) in [7, 11) is 1.49. The Hall–Kier alpha value is -2.04. The Labute approximate surface area is 98.4 Å². The molecule has 1 spiro atoms. The Kier molecular flexibility index (Phi) is 1.92.